The van der Waals surface area contributed by atoms with Crippen LogP contribution in [0, 0.1) is 0 Å². The van der Waals surface area contributed by atoms with Gasteiger partial charge in [0.15, 0.2) is 5.82 Å². The van der Waals surface area contributed by atoms with Gasteiger partial charge in [-0.3, -0.25) is 4.79 Å². The minimum absolute atomic E-state index is 0.133. The number of hydrogen-bond donors (Lipinski definition) is 1. The highest BCUT2D eigenvalue weighted by Crippen LogP contribution is 2.21. The Labute approximate surface area is 166 Å². The van der Waals surface area contributed by atoms with E-state index in [9.17, 15) is 4.79 Å². The van der Waals surface area contributed by atoms with E-state index in [2.05, 4.69) is 27.6 Å². The first kappa shape index (κ1) is 19.8. The van der Waals surface area contributed by atoms with E-state index in [1.807, 2.05) is 70.2 Å². The molecule has 3 rings (SSSR count). The van der Waals surface area contributed by atoms with E-state index < -0.39 is 0 Å². The fourth-order valence-electron chi connectivity index (χ4n) is 2.94. The zero-order valence-electron chi connectivity index (χ0n) is 16.9. The number of hydrogen-bond acceptors (Lipinski definition) is 4. The van der Waals surface area contributed by atoms with Gasteiger partial charge in [0.25, 0.3) is 5.91 Å². The molecule has 1 heterocycles. The van der Waals surface area contributed by atoms with Gasteiger partial charge in [0.1, 0.15) is 6.04 Å². The highest BCUT2D eigenvalue weighted by molar-refractivity contribution is 5.95. The predicted octanol–water partition coefficient (Wildman–Crippen LogP) is 4.64. The van der Waals surface area contributed by atoms with E-state index in [1.54, 1.807) is 0 Å². The maximum atomic E-state index is 12.9. The van der Waals surface area contributed by atoms with E-state index >= 15 is 0 Å². The standard InChI is InChI=1S/C23H27N3O2/c1-16(21-25-22(26-28-21)23(2,3)4)24-20(27)19-13-9-8-12-18(19)15-14-17-10-6-5-7-11-17/h5-13,16H,14-15H2,1-4H3,(H,24,27)/t16-/m0/s1. The van der Waals surface area contributed by atoms with Gasteiger partial charge in [0, 0.05) is 11.0 Å². The van der Waals surface area contributed by atoms with E-state index in [4.69, 9.17) is 4.52 Å². The number of amides is 1. The van der Waals surface area contributed by atoms with Gasteiger partial charge < -0.3 is 9.84 Å². The molecule has 0 spiro atoms. The Balaban J connectivity index is 1.69. The Morgan fingerprint density at radius 3 is 2.39 bits per heavy atom. The van der Waals surface area contributed by atoms with Gasteiger partial charge in [-0.2, -0.15) is 4.98 Å². The predicted molar refractivity (Wildman–Crippen MR) is 109 cm³/mol. The van der Waals surface area contributed by atoms with Crippen LogP contribution in [0.4, 0.5) is 0 Å². The molecule has 0 unspecified atom stereocenters. The number of nitrogens with one attached hydrogen (secondary N) is 1. The lowest BCUT2D eigenvalue weighted by atomic mass is 9.96. The number of rotatable bonds is 6. The van der Waals surface area contributed by atoms with Gasteiger partial charge in [0.2, 0.25) is 5.89 Å². The van der Waals surface area contributed by atoms with Crippen molar-refractivity contribution in [2.75, 3.05) is 0 Å². The maximum absolute atomic E-state index is 12.9. The van der Waals surface area contributed by atoms with Crippen molar-refractivity contribution in [3.8, 4) is 0 Å². The average molecular weight is 377 g/mol. The molecular weight excluding hydrogens is 350 g/mol. The summed E-state index contributed by atoms with van der Waals surface area (Å²) < 4.78 is 5.35. The molecular formula is C23H27N3O2. The molecule has 0 saturated carbocycles. The SMILES string of the molecule is C[C@H](NC(=O)c1ccccc1CCc1ccccc1)c1nc(C(C)(C)C)no1. The van der Waals surface area contributed by atoms with Crippen LogP contribution in [0.3, 0.4) is 0 Å². The molecule has 5 nitrogen and oxygen atoms in total. The highest BCUT2D eigenvalue weighted by atomic mass is 16.5. The van der Waals surface area contributed by atoms with Crippen LogP contribution in [0.15, 0.2) is 59.1 Å². The molecule has 1 amide bonds. The third-order valence-electron chi connectivity index (χ3n) is 4.62. The number of carbonyl (C=O) groups excluding carboxylic acids is 1. The molecule has 5 heteroatoms. The normalized spacial score (nSPS) is 12.6. The first-order valence-electron chi connectivity index (χ1n) is 9.61. The molecule has 28 heavy (non-hydrogen) atoms. The summed E-state index contributed by atoms with van der Waals surface area (Å²) in [5.74, 6) is 0.915. The van der Waals surface area contributed by atoms with Crippen molar-refractivity contribution >= 4 is 5.91 Å². The second-order valence-corrected chi connectivity index (χ2v) is 8.04. The van der Waals surface area contributed by atoms with Crippen molar-refractivity contribution in [3.05, 3.63) is 83.0 Å². The van der Waals surface area contributed by atoms with E-state index in [0.717, 1.165) is 18.4 Å². The maximum Gasteiger partial charge on any atom is 0.252 e. The summed E-state index contributed by atoms with van der Waals surface area (Å²) in [5, 5.41) is 7.01. The molecule has 3 aromatic rings. The topological polar surface area (TPSA) is 68.0 Å². The molecule has 146 valence electrons. The Kier molecular flexibility index (Phi) is 5.93. The second-order valence-electron chi connectivity index (χ2n) is 8.04. The van der Waals surface area contributed by atoms with Gasteiger partial charge in [0.05, 0.1) is 0 Å². The molecule has 0 aliphatic rings. The largest absolute Gasteiger partial charge is 0.341 e. The van der Waals surface area contributed by atoms with Crippen LogP contribution in [0.2, 0.25) is 0 Å². The van der Waals surface area contributed by atoms with Crippen LogP contribution < -0.4 is 5.32 Å². The molecule has 0 aliphatic heterocycles. The van der Waals surface area contributed by atoms with Gasteiger partial charge in [-0.25, -0.2) is 0 Å². The van der Waals surface area contributed by atoms with E-state index in [1.165, 1.54) is 5.56 Å². The minimum Gasteiger partial charge on any atom is -0.341 e. The van der Waals surface area contributed by atoms with Gasteiger partial charge in [-0.15, -0.1) is 0 Å². The van der Waals surface area contributed by atoms with Crippen molar-refractivity contribution in [1.29, 1.82) is 0 Å². The molecule has 1 aromatic heterocycles. The van der Waals surface area contributed by atoms with Crippen molar-refractivity contribution in [2.45, 2.75) is 52.0 Å². The number of nitrogens with zero attached hydrogens (tertiary/aromatic N) is 2. The summed E-state index contributed by atoms with van der Waals surface area (Å²) in [4.78, 5) is 17.3. The molecule has 0 aliphatic carbocycles. The van der Waals surface area contributed by atoms with Crippen LogP contribution in [0.5, 0.6) is 0 Å². The van der Waals surface area contributed by atoms with Crippen LogP contribution >= 0.6 is 0 Å². The summed E-state index contributed by atoms with van der Waals surface area (Å²) >= 11 is 0. The highest BCUT2D eigenvalue weighted by Gasteiger charge is 2.24. The van der Waals surface area contributed by atoms with Gasteiger partial charge >= 0.3 is 0 Å². The van der Waals surface area contributed by atoms with Crippen molar-refractivity contribution in [2.24, 2.45) is 0 Å². The number of aromatic nitrogens is 2. The van der Waals surface area contributed by atoms with Crippen LogP contribution in [0.25, 0.3) is 0 Å². The van der Waals surface area contributed by atoms with Crippen molar-refractivity contribution < 1.29 is 9.32 Å². The monoisotopic (exact) mass is 377 g/mol. The third-order valence-corrected chi connectivity index (χ3v) is 4.62. The van der Waals surface area contributed by atoms with E-state index in [-0.39, 0.29) is 17.4 Å². The first-order valence-corrected chi connectivity index (χ1v) is 9.61. The first-order chi connectivity index (χ1) is 13.3. The zero-order chi connectivity index (χ0) is 20.1. The van der Waals surface area contributed by atoms with Crippen molar-refractivity contribution in [1.82, 2.24) is 15.5 Å². The molecule has 0 fully saturated rings. The Bertz CT molecular complexity index is 926. The summed E-state index contributed by atoms with van der Waals surface area (Å²) in [6.07, 6.45) is 1.69. The van der Waals surface area contributed by atoms with Crippen LogP contribution in [-0.2, 0) is 18.3 Å². The van der Waals surface area contributed by atoms with E-state index in [0.29, 0.717) is 17.3 Å². The quantitative estimate of drug-likeness (QED) is 0.679. The molecule has 0 bridgehead atoms. The van der Waals surface area contributed by atoms with Gasteiger partial charge in [-0.1, -0.05) is 74.5 Å². The summed E-state index contributed by atoms with van der Waals surface area (Å²) in [6.45, 7) is 7.92. The summed E-state index contributed by atoms with van der Waals surface area (Å²) in [7, 11) is 0. The Morgan fingerprint density at radius 2 is 1.71 bits per heavy atom. The lowest BCUT2D eigenvalue weighted by Crippen LogP contribution is -2.28. The zero-order valence-corrected chi connectivity index (χ0v) is 16.9. The second kappa shape index (κ2) is 8.38. The van der Waals surface area contributed by atoms with Crippen LogP contribution in [-0.4, -0.2) is 16.0 Å². The number of benzene rings is 2. The minimum atomic E-state index is -0.363. The number of carbonyl (C=O) groups is 1. The fraction of sp³-hybridized carbons (Fsp3) is 0.348. The summed E-state index contributed by atoms with van der Waals surface area (Å²) in [5.41, 5.74) is 2.76. The third kappa shape index (κ3) is 4.85. The molecule has 1 atom stereocenters. The lowest BCUT2D eigenvalue weighted by Gasteiger charge is -2.13. The van der Waals surface area contributed by atoms with Crippen LogP contribution in [0.1, 0.15) is 66.9 Å². The Morgan fingerprint density at radius 1 is 1.04 bits per heavy atom. The molecule has 1 N–H and O–H groups in total. The average Bonchev–Trinajstić information content (AvgIpc) is 3.18. The smallest absolute Gasteiger partial charge is 0.252 e. The van der Waals surface area contributed by atoms with Crippen molar-refractivity contribution in [3.63, 3.8) is 0 Å². The molecule has 0 saturated heterocycles. The number of aryl methyl sites for hydroxylation is 2. The molecule has 2 aromatic carbocycles. The molecule has 0 radical (unpaired) electrons. The summed E-state index contributed by atoms with van der Waals surface area (Å²) in [6, 6.07) is 17.6. The lowest BCUT2D eigenvalue weighted by molar-refractivity contribution is 0.0931. The van der Waals surface area contributed by atoms with Gasteiger partial charge in [-0.05, 0) is 37.0 Å². The Hall–Kier alpha value is -2.95. The fourth-order valence-corrected chi connectivity index (χ4v) is 2.94.